The SMILES string of the molecule is CCC(CC)N(C)CC(C)(CC)CNCC(C)C. The highest BCUT2D eigenvalue weighted by atomic mass is 15.1. The lowest BCUT2D eigenvalue weighted by Crippen LogP contribution is -2.44. The van der Waals surface area contributed by atoms with Gasteiger partial charge in [0.15, 0.2) is 0 Å². The standard InChI is InChI=1S/C16H36N2/c1-8-15(9-2)18(7)13-16(6,10-3)12-17-11-14(4)5/h14-15,17H,8-13H2,1-7H3. The molecule has 110 valence electrons. The van der Waals surface area contributed by atoms with Crippen molar-refractivity contribution < 1.29 is 0 Å². The minimum Gasteiger partial charge on any atom is -0.316 e. The molecule has 0 saturated carbocycles. The highest BCUT2D eigenvalue weighted by Crippen LogP contribution is 2.23. The second kappa shape index (κ2) is 8.92. The van der Waals surface area contributed by atoms with Crippen LogP contribution in [-0.4, -0.2) is 37.6 Å². The lowest BCUT2D eigenvalue weighted by molar-refractivity contribution is 0.134. The molecule has 1 atom stereocenters. The molecule has 0 fully saturated rings. The number of rotatable bonds is 10. The van der Waals surface area contributed by atoms with Gasteiger partial charge in [-0.2, -0.15) is 0 Å². The van der Waals surface area contributed by atoms with Gasteiger partial charge in [0.2, 0.25) is 0 Å². The van der Waals surface area contributed by atoms with Crippen molar-refractivity contribution in [2.75, 3.05) is 26.7 Å². The van der Waals surface area contributed by atoms with Crippen molar-refractivity contribution in [2.45, 2.75) is 66.8 Å². The van der Waals surface area contributed by atoms with Crippen LogP contribution in [0.25, 0.3) is 0 Å². The first kappa shape index (κ1) is 17.9. The van der Waals surface area contributed by atoms with Crippen LogP contribution in [0.5, 0.6) is 0 Å². The predicted molar refractivity (Wildman–Crippen MR) is 83.1 cm³/mol. The summed E-state index contributed by atoms with van der Waals surface area (Å²) in [5.41, 5.74) is 0.395. The maximum absolute atomic E-state index is 3.63. The van der Waals surface area contributed by atoms with Gasteiger partial charge in [-0.05, 0) is 44.2 Å². The van der Waals surface area contributed by atoms with Gasteiger partial charge in [0.25, 0.3) is 0 Å². The largest absolute Gasteiger partial charge is 0.316 e. The zero-order valence-corrected chi connectivity index (χ0v) is 13.8. The van der Waals surface area contributed by atoms with Crippen LogP contribution in [0, 0.1) is 11.3 Å². The number of hydrogen-bond acceptors (Lipinski definition) is 2. The van der Waals surface area contributed by atoms with E-state index in [9.17, 15) is 0 Å². The van der Waals surface area contributed by atoms with Gasteiger partial charge in [0.1, 0.15) is 0 Å². The first-order chi connectivity index (χ1) is 8.38. The molecule has 1 unspecified atom stereocenters. The van der Waals surface area contributed by atoms with Crippen molar-refractivity contribution in [1.82, 2.24) is 10.2 Å². The summed E-state index contributed by atoms with van der Waals surface area (Å²) in [6.07, 6.45) is 3.75. The van der Waals surface area contributed by atoms with E-state index in [2.05, 4.69) is 58.8 Å². The summed E-state index contributed by atoms with van der Waals surface area (Å²) in [5.74, 6) is 0.739. The molecule has 0 saturated heterocycles. The Morgan fingerprint density at radius 3 is 2.06 bits per heavy atom. The molecule has 0 rings (SSSR count). The molecular formula is C16H36N2. The van der Waals surface area contributed by atoms with Crippen molar-refractivity contribution in [3.63, 3.8) is 0 Å². The van der Waals surface area contributed by atoms with Gasteiger partial charge in [-0.25, -0.2) is 0 Å². The third kappa shape index (κ3) is 6.75. The molecule has 0 aromatic heterocycles. The summed E-state index contributed by atoms with van der Waals surface area (Å²) >= 11 is 0. The summed E-state index contributed by atoms with van der Waals surface area (Å²) in [4.78, 5) is 2.56. The topological polar surface area (TPSA) is 15.3 Å². The Bertz CT molecular complexity index is 199. The second-order valence-corrected chi connectivity index (χ2v) is 6.57. The van der Waals surface area contributed by atoms with Gasteiger partial charge < -0.3 is 10.2 Å². The van der Waals surface area contributed by atoms with Crippen molar-refractivity contribution in [3.8, 4) is 0 Å². The third-order valence-corrected chi connectivity index (χ3v) is 4.15. The molecule has 1 N–H and O–H groups in total. The van der Waals surface area contributed by atoms with E-state index in [1.165, 1.54) is 25.8 Å². The average Bonchev–Trinajstić information content (AvgIpc) is 2.30. The van der Waals surface area contributed by atoms with Gasteiger partial charge in [-0.15, -0.1) is 0 Å². The molecule has 0 aromatic rings. The van der Waals surface area contributed by atoms with E-state index in [4.69, 9.17) is 0 Å². The van der Waals surface area contributed by atoms with Crippen molar-refractivity contribution >= 4 is 0 Å². The van der Waals surface area contributed by atoms with E-state index >= 15 is 0 Å². The Hall–Kier alpha value is -0.0800. The molecular weight excluding hydrogens is 220 g/mol. The average molecular weight is 256 g/mol. The zero-order chi connectivity index (χ0) is 14.2. The molecule has 2 heteroatoms. The highest BCUT2D eigenvalue weighted by molar-refractivity contribution is 4.81. The van der Waals surface area contributed by atoms with Crippen LogP contribution in [0.4, 0.5) is 0 Å². The van der Waals surface area contributed by atoms with Crippen LogP contribution < -0.4 is 5.32 Å². The number of hydrogen-bond donors (Lipinski definition) is 1. The molecule has 18 heavy (non-hydrogen) atoms. The van der Waals surface area contributed by atoms with Crippen LogP contribution in [0.15, 0.2) is 0 Å². The Labute approximate surface area is 116 Å². The van der Waals surface area contributed by atoms with Gasteiger partial charge in [0, 0.05) is 19.1 Å². The molecule has 0 aliphatic carbocycles. The molecule has 0 aliphatic heterocycles. The summed E-state index contributed by atoms with van der Waals surface area (Å²) in [5, 5.41) is 3.63. The lowest BCUT2D eigenvalue weighted by atomic mass is 9.86. The van der Waals surface area contributed by atoms with Crippen molar-refractivity contribution in [3.05, 3.63) is 0 Å². The normalized spacial score (nSPS) is 15.7. The van der Waals surface area contributed by atoms with Crippen molar-refractivity contribution in [1.29, 1.82) is 0 Å². The Morgan fingerprint density at radius 1 is 1.11 bits per heavy atom. The minimum absolute atomic E-state index is 0.395. The smallest absolute Gasteiger partial charge is 0.00872 e. The fourth-order valence-corrected chi connectivity index (χ4v) is 2.60. The number of nitrogens with one attached hydrogen (secondary N) is 1. The van der Waals surface area contributed by atoms with Crippen LogP contribution >= 0.6 is 0 Å². The first-order valence-corrected chi connectivity index (χ1v) is 7.79. The van der Waals surface area contributed by atoms with Crippen LogP contribution in [0.1, 0.15) is 60.8 Å². The van der Waals surface area contributed by atoms with Crippen LogP contribution in [0.2, 0.25) is 0 Å². The van der Waals surface area contributed by atoms with Gasteiger partial charge in [-0.1, -0.05) is 41.5 Å². The van der Waals surface area contributed by atoms with E-state index in [1.807, 2.05) is 0 Å². The molecule has 0 heterocycles. The minimum atomic E-state index is 0.395. The molecule has 0 aliphatic rings. The maximum Gasteiger partial charge on any atom is 0.00872 e. The molecule has 0 spiro atoms. The summed E-state index contributed by atoms with van der Waals surface area (Å²) < 4.78 is 0. The van der Waals surface area contributed by atoms with E-state index in [0.717, 1.165) is 25.0 Å². The predicted octanol–water partition coefficient (Wildman–Crippen LogP) is 3.77. The quantitative estimate of drug-likeness (QED) is 0.640. The van der Waals surface area contributed by atoms with Crippen molar-refractivity contribution in [2.24, 2.45) is 11.3 Å². The Kier molecular flexibility index (Phi) is 8.89. The molecule has 2 nitrogen and oxygen atoms in total. The fraction of sp³-hybridized carbons (Fsp3) is 1.00. The highest BCUT2D eigenvalue weighted by Gasteiger charge is 2.25. The molecule has 0 bridgehead atoms. The molecule has 0 amide bonds. The van der Waals surface area contributed by atoms with E-state index in [0.29, 0.717) is 5.41 Å². The molecule has 0 aromatic carbocycles. The molecule has 0 radical (unpaired) electrons. The van der Waals surface area contributed by atoms with Crippen LogP contribution in [-0.2, 0) is 0 Å². The van der Waals surface area contributed by atoms with E-state index in [1.54, 1.807) is 0 Å². The summed E-state index contributed by atoms with van der Waals surface area (Å²) in [6.45, 7) is 17.3. The Balaban J connectivity index is 4.27. The van der Waals surface area contributed by atoms with E-state index < -0.39 is 0 Å². The first-order valence-electron chi connectivity index (χ1n) is 7.79. The second-order valence-electron chi connectivity index (χ2n) is 6.57. The summed E-state index contributed by atoms with van der Waals surface area (Å²) in [6, 6.07) is 0.737. The third-order valence-electron chi connectivity index (χ3n) is 4.15. The number of nitrogens with zero attached hydrogens (tertiary/aromatic N) is 1. The van der Waals surface area contributed by atoms with Crippen LogP contribution in [0.3, 0.4) is 0 Å². The Morgan fingerprint density at radius 2 is 1.67 bits per heavy atom. The fourth-order valence-electron chi connectivity index (χ4n) is 2.60. The van der Waals surface area contributed by atoms with E-state index in [-0.39, 0.29) is 0 Å². The maximum atomic E-state index is 3.63. The van der Waals surface area contributed by atoms with Gasteiger partial charge in [-0.3, -0.25) is 0 Å². The van der Waals surface area contributed by atoms with Gasteiger partial charge in [0.05, 0.1) is 0 Å². The monoisotopic (exact) mass is 256 g/mol. The lowest BCUT2D eigenvalue weighted by Gasteiger charge is -2.37. The summed E-state index contributed by atoms with van der Waals surface area (Å²) in [7, 11) is 2.29. The zero-order valence-electron chi connectivity index (χ0n) is 13.8. The van der Waals surface area contributed by atoms with Gasteiger partial charge >= 0.3 is 0 Å².